The van der Waals surface area contributed by atoms with Crippen molar-refractivity contribution < 1.29 is 23.9 Å². The first kappa shape index (κ1) is 31.7. The van der Waals surface area contributed by atoms with Gasteiger partial charge in [0.2, 0.25) is 5.78 Å². The van der Waals surface area contributed by atoms with Gasteiger partial charge in [-0.3, -0.25) is 14.6 Å². The summed E-state index contributed by atoms with van der Waals surface area (Å²) >= 11 is 0. The van der Waals surface area contributed by atoms with Gasteiger partial charge in [-0.1, -0.05) is 77.0 Å². The average Bonchev–Trinajstić information content (AvgIpc) is 2.99. The van der Waals surface area contributed by atoms with Crippen LogP contribution in [0.3, 0.4) is 0 Å². The fourth-order valence-corrected chi connectivity index (χ4v) is 4.55. The summed E-state index contributed by atoms with van der Waals surface area (Å²) in [7, 11) is 0. The van der Waals surface area contributed by atoms with Crippen LogP contribution in [0.1, 0.15) is 111 Å². The molecule has 0 aliphatic rings. The Hall–Kier alpha value is -3.80. The number of carbonyl (C=O) groups excluding carboxylic acids is 3. The number of aryl methyl sites for hydroxylation is 1. The first-order chi connectivity index (χ1) is 19.9. The standard InChI is InChI=1S/C35H43NO5/c1-4-6-8-10-11-13-27-15-24-32(36-25-27)28-16-18-30(19-17-28)35(39)41-31-22-20-29(21-23-31)34(38)26(3)40-33(37)14-12-9-7-5-2/h15-26H,4-14H2,1-3H3. The number of ketones is 1. The first-order valence-electron chi connectivity index (χ1n) is 15.0. The smallest absolute Gasteiger partial charge is 0.343 e. The molecule has 218 valence electrons. The van der Waals surface area contributed by atoms with Crippen molar-refractivity contribution >= 4 is 17.7 Å². The molecule has 0 amide bonds. The van der Waals surface area contributed by atoms with E-state index in [9.17, 15) is 14.4 Å². The van der Waals surface area contributed by atoms with Crippen molar-refractivity contribution in [1.29, 1.82) is 0 Å². The summed E-state index contributed by atoms with van der Waals surface area (Å²) in [6.45, 7) is 5.91. The molecule has 0 aliphatic carbocycles. The van der Waals surface area contributed by atoms with Gasteiger partial charge in [0.05, 0.1) is 11.3 Å². The lowest BCUT2D eigenvalue weighted by Gasteiger charge is -2.13. The van der Waals surface area contributed by atoms with Crippen LogP contribution in [0, 0.1) is 0 Å². The molecule has 6 heteroatoms. The lowest BCUT2D eigenvalue weighted by molar-refractivity contribution is -0.146. The number of hydrogen-bond donors (Lipinski definition) is 0. The molecule has 0 N–H and O–H groups in total. The summed E-state index contributed by atoms with van der Waals surface area (Å²) in [4.78, 5) is 42.0. The van der Waals surface area contributed by atoms with E-state index in [4.69, 9.17) is 9.47 Å². The van der Waals surface area contributed by atoms with Gasteiger partial charge in [-0.05, 0) is 74.2 Å². The number of benzene rings is 2. The Balaban J connectivity index is 1.48. The van der Waals surface area contributed by atoms with Crippen molar-refractivity contribution in [1.82, 2.24) is 4.98 Å². The van der Waals surface area contributed by atoms with Crippen molar-refractivity contribution in [3.05, 3.63) is 83.6 Å². The predicted octanol–water partition coefficient (Wildman–Crippen LogP) is 8.57. The van der Waals surface area contributed by atoms with Crippen molar-refractivity contribution in [2.75, 3.05) is 0 Å². The zero-order chi connectivity index (χ0) is 29.5. The summed E-state index contributed by atoms with van der Waals surface area (Å²) in [6.07, 6.45) is 12.6. The van der Waals surface area contributed by atoms with E-state index in [2.05, 4.69) is 24.9 Å². The Kier molecular flexibility index (Phi) is 13.2. The minimum Gasteiger partial charge on any atom is -0.454 e. The topological polar surface area (TPSA) is 82.6 Å². The van der Waals surface area contributed by atoms with Gasteiger partial charge in [-0.2, -0.15) is 0 Å². The number of ether oxygens (including phenoxy) is 2. The highest BCUT2D eigenvalue weighted by molar-refractivity contribution is 6.00. The minimum absolute atomic E-state index is 0.297. The quantitative estimate of drug-likeness (QED) is 0.0715. The third-order valence-corrected chi connectivity index (χ3v) is 7.07. The third-order valence-electron chi connectivity index (χ3n) is 7.07. The van der Waals surface area contributed by atoms with Crippen molar-refractivity contribution in [2.24, 2.45) is 0 Å². The Bertz CT molecular complexity index is 1230. The number of pyridine rings is 1. The molecule has 0 fully saturated rings. The Morgan fingerprint density at radius 1 is 0.732 bits per heavy atom. The summed E-state index contributed by atoms with van der Waals surface area (Å²) < 4.78 is 10.8. The second-order valence-electron chi connectivity index (χ2n) is 10.5. The zero-order valence-electron chi connectivity index (χ0n) is 24.7. The molecule has 1 aromatic heterocycles. The first-order valence-corrected chi connectivity index (χ1v) is 15.0. The molecule has 0 radical (unpaired) electrons. The van der Waals surface area contributed by atoms with E-state index < -0.39 is 12.1 Å². The molecule has 1 unspecified atom stereocenters. The van der Waals surface area contributed by atoms with Crippen LogP contribution in [0.25, 0.3) is 11.3 Å². The van der Waals surface area contributed by atoms with Crippen LogP contribution < -0.4 is 4.74 Å². The molecule has 6 nitrogen and oxygen atoms in total. The Morgan fingerprint density at radius 2 is 1.37 bits per heavy atom. The molecule has 1 atom stereocenters. The lowest BCUT2D eigenvalue weighted by Crippen LogP contribution is -2.24. The van der Waals surface area contributed by atoms with Gasteiger partial charge in [0, 0.05) is 23.7 Å². The maximum absolute atomic E-state index is 12.7. The van der Waals surface area contributed by atoms with Gasteiger partial charge in [-0.25, -0.2) is 4.79 Å². The number of Topliss-reactive ketones (excluding diaryl/α,β-unsaturated/α-hetero) is 1. The van der Waals surface area contributed by atoms with Crippen LogP contribution in [0.2, 0.25) is 0 Å². The molecule has 3 rings (SSSR count). The van der Waals surface area contributed by atoms with Gasteiger partial charge >= 0.3 is 11.9 Å². The minimum atomic E-state index is -0.873. The largest absolute Gasteiger partial charge is 0.454 e. The fourth-order valence-electron chi connectivity index (χ4n) is 4.55. The lowest BCUT2D eigenvalue weighted by atomic mass is 10.0. The average molecular weight is 558 g/mol. The van der Waals surface area contributed by atoms with Gasteiger partial charge in [0.25, 0.3) is 0 Å². The highest BCUT2D eigenvalue weighted by atomic mass is 16.5. The van der Waals surface area contributed by atoms with E-state index in [0.717, 1.165) is 43.4 Å². The highest BCUT2D eigenvalue weighted by Crippen LogP contribution is 2.21. The molecular formula is C35H43NO5. The third kappa shape index (κ3) is 10.6. The van der Waals surface area contributed by atoms with Crippen LogP contribution in [0.15, 0.2) is 66.9 Å². The molecule has 0 aliphatic heterocycles. The Morgan fingerprint density at radius 3 is 2.00 bits per heavy atom. The van der Waals surface area contributed by atoms with Gasteiger partial charge < -0.3 is 9.47 Å². The maximum atomic E-state index is 12.7. The molecule has 0 saturated carbocycles. The molecule has 0 bridgehead atoms. The number of aromatic nitrogens is 1. The van der Waals surface area contributed by atoms with E-state index >= 15 is 0 Å². The summed E-state index contributed by atoms with van der Waals surface area (Å²) in [5.74, 6) is -0.830. The monoisotopic (exact) mass is 557 g/mol. The normalized spacial score (nSPS) is 11.6. The molecule has 2 aromatic carbocycles. The van der Waals surface area contributed by atoms with E-state index in [1.165, 1.54) is 37.7 Å². The van der Waals surface area contributed by atoms with E-state index in [-0.39, 0.29) is 11.8 Å². The molecule has 0 saturated heterocycles. The van der Waals surface area contributed by atoms with E-state index in [0.29, 0.717) is 23.3 Å². The summed E-state index contributed by atoms with van der Waals surface area (Å²) in [6, 6.07) is 17.6. The molecule has 1 heterocycles. The second-order valence-corrected chi connectivity index (χ2v) is 10.5. The number of esters is 2. The number of unbranched alkanes of at least 4 members (excludes halogenated alkanes) is 7. The number of carbonyl (C=O) groups is 3. The van der Waals surface area contributed by atoms with Gasteiger partial charge in [0.1, 0.15) is 5.75 Å². The van der Waals surface area contributed by atoms with Crippen LogP contribution >= 0.6 is 0 Å². The van der Waals surface area contributed by atoms with Gasteiger partial charge in [0.15, 0.2) is 6.10 Å². The second kappa shape index (κ2) is 17.1. The highest BCUT2D eigenvalue weighted by Gasteiger charge is 2.20. The molecule has 41 heavy (non-hydrogen) atoms. The Labute approximate surface area is 244 Å². The van der Waals surface area contributed by atoms with Crippen molar-refractivity contribution in [3.8, 4) is 17.0 Å². The van der Waals surface area contributed by atoms with Gasteiger partial charge in [-0.15, -0.1) is 0 Å². The van der Waals surface area contributed by atoms with Crippen LogP contribution in [0.4, 0.5) is 0 Å². The molecule has 3 aromatic rings. The van der Waals surface area contributed by atoms with E-state index in [1.54, 1.807) is 43.3 Å². The van der Waals surface area contributed by atoms with E-state index in [1.807, 2.05) is 24.4 Å². The van der Waals surface area contributed by atoms with Crippen LogP contribution in [-0.2, 0) is 16.0 Å². The zero-order valence-corrected chi connectivity index (χ0v) is 24.7. The van der Waals surface area contributed by atoms with Crippen LogP contribution in [0.5, 0.6) is 5.75 Å². The number of nitrogens with zero attached hydrogens (tertiary/aromatic N) is 1. The SMILES string of the molecule is CCCCCCCc1ccc(-c2ccc(C(=O)Oc3ccc(C(=O)C(C)OC(=O)CCCCCC)cc3)cc2)nc1. The van der Waals surface area contributed by atoms with Crippen LogP contribution in [-0.4, -0.2) is 28.8 Å². The number of hydrogen-bond acceptors (Lipinski definition) is 6. The molecule has 0 spiro atoms. The fraction of sp³-hybridized carbons (Fsp3) is 0.429. The predicted molar refractivity (Wildman–Crippen MR) is 162 cm³/mol. The maximum Gasteiger partial charge on any atom is 0.343 e. The van der Waals surface area contributed by atoms with Crippen molar-refractivity contribution in [2.45, 2.75) is 97.5 Å². The summed E-state index contributed by atoms with van der Waals surface area (Å²) in [5, 5.41) is 0. The summed E-state index contributed by atoms with van der Waals surface area (Å²) in [5.41, 5.74) is 3.82. The molecular weight excluding hydrogens is 514 g/mol. The van der Waals surface area contributed by atoms with Crippen molar-refractivity contribution in [3.63, 3.8) is 0 Å². The number of rotatable bonds is 17.